The average Bonchev–Trinajstić information content (AvgIpc) is 2.69. The highest BCUT2D eigenvalue weighted by molar-refractivity contribution is 5.72. The molecule has 5 heteroatoms. The van der Waals surface area contributed by atoms with Crippen molar-refractivity contribution >= 4 is 11.9 Å². The molecule has 0 saturated carbocycles. The van der Waals surface area contributed by atoms with E-state index in [0.29, 0.717) is 13.0 Å². The summed E-state index contributed by atoms with van der Waals surface area (Å²) in [6.45, 7) is 4.43. The highest BCUT2D eigenvalue weighted by Gasteiger charge is 2.13. The second-order valence-corrected chi connectivity index (χ2v) is 7.59. The van der Waals surface area contributed by atoms with Gasteiger partial charge < -0.3 is 9.47 Å². The van der Waals surface area contributed by atoms with Gasteiger partial charge in [-0.15, -0.1) is 0 Å². The number of carbonyl (C=O) groups excluding carboxylic acids is 2. The van der Waals surface area contributed by atoms with E-state index in [4.69, 9.17) is 9.47 Å². The van der Waals surface area contributed by atoms with Crippen molar-refractivity contribution in [1.82, 2.24) is 0 Å². The summed E-state index contributed by atoms with van der Waals surface area (Å²) in [7, 11) is 0. The van der Waals surface area contributed by atoms with E-state index in [0.717, 1.165) is 18.4 Å². The summed E-state index contributed by atoms with van der Waals surface area (Å²) in [5, 5.41) is 0. The van der Waals surface area contributed by atoms with Gasteiger partial charge in [0.2, 0.25) is 0 Å². The predicted octanol–water partition coefficient (Wildman–Crippen LogP) is 6.67. The van der Waals surface area contributed by atoms with E-state index in [1.54, 1.807) is 19.1 Å². The van der Waals surface area contributed by atoms with Crippen LogP contribution >= 0.6 is 0 Å². The van der Waals surface area contributed by atoms with Gasteiger partial charge in [-0.25, -0.2) is 4.39 Å². The fraction of sp³-hybridized carbons (Fsp3) is 0.667. The van der Waals surface area contributed by atoms with Crippen molar-refractivity contribution in [2.24, 2.45) is 0 Å². The van der Waals surface area contributed by atoms with Crippen molar-refractivity contribution < 1.29 is 23.5 Å². The van der Waals surface area contributed by atoms with Crippen LogP contribution in [0.15, 0.2) is 24.3 Å². The Bertz CT molecular complexity index is 571. The monoisotopic (exact) mass is 408 g/mol. The van der Waals surface area contributed by atoms with Gasteiger partial charge in [0.25, 0.3) is 0 Å². The van der Waals surface area contributed by atoms with Crippen LogP contribution < -0.4 is 0 Å². The Morgan fingerprint density at radius 1 is 0.828 bits per heavy atom. The van der Waals surface area contributed by atoms with Gasteiger partial charge in [0.1, 0.15) is 11.9 Å². The molecule has 0 aliphatic carbocycles. The van der Waals surface area contributed by atoms with Gasteiger partial charge in [0.15, 0.2) is 0 Å². The first-order chi connectivity index (χ1) is 14.0. The molecule has 0 spiro atoms. The maximum atomic E-state index is 12.9. The summed E-state index contributed by atoms with van der Waals surface area (Å²) in [6, 6.07) is 5.86. The van der Waals surface area contributed by atoms with E-state index < -0.39 is 6.10 Å². The van der Waals surface area contributed by atoms with Crippen LogP contribution in [0.2, 0.25) is 0 Å². The van der Waals surface area contributed by atoms with Gasteiger partial charge in [-0.05, 0) is 37.5 Å². The van der Waals surface area contributed by atoms with Crippen molar-refractivity contribution in [1.29, 1.82) is 0 Å². The Balaban J connectivity index is 1.99. The van der Waals surface area contributed by atoms with Crippen LogP contribution in [0, 0.1) is 5.82 Å². The summed E-state index contributed by atoms with van der Waals surface area (Å²) < 4.78 is 23.5. The van der Waals surface area contributed by atoms with E-state index in [1.807, 2.05) is 0 Å². The molecule has 0 aliphatic rings. The zero-order chi connectivity index (χ0) is 21.3. The van der Waals surface area contributed by atoms with Crippen LogP contribution in [0.3, 0.4) is 0 Å². The zero-order valence-corrected chi connectivity index (χ0v) is 18.1. The minimum atomic E-state index is -0.443. The maximum Gasteiger partial charge on any atom is 0.306 e. The predicted molar refractivity (Wildman–Crippen MR) is 113 cm³/mol. The summed E-state index contributed by atoms with van der Waals surface area (Å²) in [6.07, 6.45) is 11.4. The number of unbranched alkanes of at least 4 members (excludes halogenated alkanes) is 8. The van der Waals surface area contributed by atoms with Crippen molar-refractivity contribution in [3.05, 3.63) is 35.6 Å². The van der Waals surface area contributed by atoms with E-state index in [-0.39, 0.29) is 30.6 Å². The second-order valence-electron chi connectivity index (χ2n) is 7.59. The third-order valence-corrected chi connectivity index (χ3v) is 4.92. The SMILES string of the molecule is CCCCCCCCCCCOC(=O)CCCC(=O)OC(C)c1ccc(F)cc1. The molecule has 1 aromatic carbocycles. The van der Waals surface area contributed by atoms with Crippen LogP contribution in [0.1, 0.15) is 103 Å². The van der Waals surface area contributed by atoms with Crippen molar-refractivity contribution in [3.8, 4) is 0 Å². The third kappa shape index (κ3) is 13.0. The Hall–Kier alpha value is -1.91. The number of ether oxygens (including phenoxy) is 2. The highest BCUT2D eigenvalue weighted by Crippen LogP contribution is 2.18. The lowest BCUT2D eigenvalue weighted by atomic mass is 10.1. The second kappa shape index (κ2) is 15.9. The molecule has 1 aromatic rings. The molecule has 0 N–H and O–H groups in total. The minimum absolute atomic E-state index is 0.165. The molecule has 1 unspecified atom stereocenters. The molecule has 0 aliphatic heterocycles. The summed E-state index contributed by atoms with van der Waals surface area (Å²) in [5.41, 5.74) is 0.736. The zero-order valence-electron chi connectivity index (χ0n) is 18.1. The summed E-state index contributed by atoms with van der Waals surface area (Å²) in [4.78, 5) is 23.6. The van der Waals surface area contributed by atoms with Crippen molar-refractivity contribution in [2.45, 2.75) is 97.0 Å². The number of halogens is 1. The number of esters is 2. The molecule has 164 valence electrons. The van der Waals surface area contributed by atoms with Crippen LogP contribution in [-0.4, -0.2) is 18.5 Å². The van der Waals surface area contributed by atoms with Crippen LogP contribution in [-0.2, 0) is 19.1 Å². The molecular weight excluding hydrogens is 371 g/mol. The molecular formula is C24H37FO4. The maximum absolute atomic E-state index is 12.9. The molecule has 29 heavy (non-hydrogen) atoms. The summed E-state index contributed by atoms with van der Waals surface area (Å²) in [5.74, 6) is -0.953. The van der Waals surface area contributed by atoms with E-state index in [1.165, 1.54) is 57.1 Å². The molecule has 0 bridgehead atoms. The first kappa shape index (κ1) is 25.1. The molecule has 0 amide bonds. The summed E-state index contributed by atoms with van der Waals surface area (Å²) >= 11 is 0. The van der Waals surface area contributed by atoms with Gasteiger partial charge in [-0.2, -0.15) is 0 Å². The van der Waals surface area contributed by atoms with Gasteiger partial charge in [0, 0.05) is 12.8 Å². The number of carbonyl (C=O) groups is 2. The quantitative estimate of drug-likeness (QED) is 0.226. The molecule has 0 saturated heterocycles. The highest BCUT2D eigenvalue weighted by atomic mass is 19.1. The first-order valence-corrected chi connectivity index (χ1v) is 11.1. The fourth-order valence-corrected chi connectivity index (χ4v) is 3.11. The number of hydrogen-bond donors (Lipinski definition) is 0. The lowest BCUT2D eigenvalue weighted by molar-refractivity contribution is -0.149. The number of rotatable bonds is 16. The van der Waals surface area contributed by atoms with Crippen LogP contribution in [0.25, 0.3) is 0 Å². The minimum Gasteiger partial charge on any atom is -0.466 e. The molecule has 0 radical (unpaired) electrons. The van der Waals surface area contributed by atoms with Gasteiger partial charge in [0.05, 0.1) is 6.61 Å². The van der Waals surface area contributed by atoms with E-state index >= 15 is 0 Å². The topological polar surface area (TPSA) is 52.6 Å². The Morgan fingerprint density at radius 3 is 2.00 bits per heavy atom. The normalized spacial score (nSPS) is 11.8. The Kier molecular flexibility index (Phi) is 13.8. The van der Waals surface area contributed by atoms with Crippen LogP contribution in [0.5, 0.6) is 0 Å². The van der Waals surface area contributed by atoms with Crippen LogP contribution in [0.4, 0.5) is 4.39 Å². The molecule has 1 atom stereocenters. The van der Waals surface area contributed by atoms with Gasteiger partial charge in [-0.1, -0.05) is 70.4 Å². The Labute approximate surface area is 175 Å². The molecule has 0 heterocycles. The standard InChI is InChI=1S/C24H37FO4/c1-3-4-5-6-7-8-9-10-11-19-28-23(26)13-12-14-24(27)29-20(2)21-15-17-22(25)18-16-21/h15-18,20H,3-14,19H2,1-2H3. The number of benzene rings is 1. The average molecular weight is 409 g/mol. The van der Waals surface area contributed by atoms with Gasteiger partial charge in [-0.3, -0.25) is 9.59 Å². The lowest BCUT2D eigenvalue weighted by Gasteiger charge is -2.13. The Morgan fingerprint density at radius 2 is 1.38 bits per heavy atom. The van der Waals surface area contributed by atoms with E-state index in [2.05, 4.69) is 6.92 Å². The lowest BCUT2D eigenvalue weighted by Crippen LogP contribution is -2.11. The smallest absolute Gasteiger partial charge is 0.306 e. The first-order valence-electron chi connectivity index (χ1n) is 11.1. The molecule has 0 aromatic heterocycles. The molecule has 0 fully saturated rings. The largest absolute Gasteiger partial charge is 0.466 e. The molecule has 1 rings (SSSR count). The molecule has 4 nitrogen and oxygen atoms in total. The van der Waals surface area contributed by atoms with Crippen molar-refractivity contribution in [3.63, 3.8) is 0 Å². The van der Waals surface area contributed by atoms with Crippen molar-refractivity contribution in [2.75, 3.05) is 6.61 Å². The third-order valence-electron chi connectivity index (χ3n) is 4.92. The van der Waals surface area contributed by atoms with Gasteiger partial charge >= 0.3 is 11.9 Å². The van der Waals surface area contributed by atoms with E-state index in [9.17, 15) is 14.0 Å². The fourth-order valence-electron chi connectivity index (χ4n) is 3.11. The number of hydrogen-bond acceptors (Lipinski definition) is 4.